The molecule has 0 atom stereocenters. The van der Waals surface area contributed by atoms with Crippen LogP contribution in [0.25, 0.3) is 0 Å². The Morgan fingerprint density at radius 1 is 1.28 bits per heavy atom. The number of halogens is 2. The number of nitrogens with two attached hydrogens (primary N) is 1. The van der Waals surface area contributed by atoms with Crippen LogP contribution >= 0.6 is 23.2 Å². The van der Waals surface area contributed by atoms with E-state index in [1.807, 2.05) is 19.1 Å². The average Bonchev–Trinajstić information content (AvgIpc) is 2.36. The van der Waals surface area contributed by atoms with Crippen molar-refractivity contribution in [1.29, 1.82) is 0 Å². The minimum Gasteiger partial charge on any atom is -0.339 e. The number of aromatic nitrogens is 2. The fourth-order valence-corrected chi connectivity index (χ4v) is 1.69. The first-order valence-electron chi connectivity index (χ1n) is 5.12. The molecular weight excluding hydrogens is 273 g/mol. The number of benzene rings is 1. The van der Waals surface area contributed by atoms with Gasteiger partial charge in [-0.25, -0.2) is 10.8 Å². The van der Waals surface area contributed by atoms with Crippen molar-refractivity contribution in [2.24, 2.45) is 5.84 Å². The van der Waals surface area contributed by atoms with Crippen LogP contribution in [-0.2, 0) is 0 Å². The zero-order valence-electron chi connectivity index (χ0n) is 9.54. The highest BCUT2D eigenvalue weighted by atomic mass is 35.5. The van der Waals surface area contributed by atoms with Crippen LogP contribution in [0.15, 0.2) is 24.4 Å². The van der Waals surface area contributed by atoms with Gasteiger partial charge in [0.25, 0.3) is 0 Å². The predicted octanol–water partition coefficient (Wildman–Crippen LogP) is 3.12. The van der Waals surface area contributed by atoms with Gasteiger partial charge < -0.3 is 5.32 Å². The maximum atomic E-state index is 6.01. The lowest BCUT2D eigenvalue weighted by atomic mass is 10.2. The number of nitrogen functional groups attached to an aromatic ring is 1. The molecule has 0 saturated carbocycles. The van der Waals surface area contributed by atoms with Gasteiger partial charge in [0.05, 0.1) is 6.20 Å². The van der Waals surface area contributed by atoms with Crippen LogP contribution in [0, 0.1) is 6.92 Å². The molecule has 2 rings (SSSR count). The van der Waals surface area contributed by atoms with E-state index >= 15 is 0 Å². The minimum absolute atomic E-state index is 0.279. The summed E-state index contributed by atoms with van der Waals surface area (Å²) >= 11 is 11.9. The molecule has 94 valence electrons. The molecule has 1 heterocycles. The number of nitrogens with one attached hydrogen (secondary N) is 2. The molecule has 0 aliphatic heterocycles. The van der Waals surface area contributed by atoms with Gasteiger partial charge in [0.15, 0.2) is 5.82 Å². The fraction of sp³-hybridized carbons (Fsp3) is 0.0909. The zero-order chi connectivity index (χ0) is 13.1. The molecule has 0 aliphatic carbocycles. The van der Waals surface area contributed by atoms with Crippen molar-refractivity contribution >= 4 is 40.7 Å². The number of anilines is 3. The second-order valence-electron chi connectivity index (χ2n) is 3.62. The van der Waals surface area contributed by atoms with Crippen molar-refractivity contribution in [3.05, 3.63) is 40.0 Å². The Hall–Kier alpha value is -1.56. The molecule has 5 nitrogen and oxygen atoms in total. The Morgan fingerprint density at radius 2 is 2.06 bits per heavy atom. The Bertz CT molecular complexity index is 573. The zero-order valence-corrected chi connectivity index (χ0v) is 11.0. The van der Waals surface area contributed by atoms with E-state index in [1.54, 1.807) is 6.07 Å². The number of hydrogen-bond donors (Lipinski definition) is 3. The summed E-state index contributed by atoms with van der Waals surface area (Å²) in [5, 5.41) is 4.12. The van der Waals surface area contributed by atoms with Gasteiger partial charge in [0.2, 0.25) is 5.95 Å². The molecule has 4 N–H and O–H groups in total. The quantitative estimate of drug-likeness (QED) is 0.596. The van der Waals surface area contributed by atoms with Gasteiger partial charge in [0.1, 0.15) is 5.02 Å². The number of hydrazine groups is 1. The number of aryl methyl sites for hydroxylation is 1. The molecule has 0 aliphatic rings. The highest BCUT2D eigenvalue weighted by Crippen LogP contribution is 2.27. The first-order chi connectivity index (χ1) is 8.60. The lowest BCUT2D eigenvalue weighted by Gasteiger charge is -2.11. The largest absolute Gasteiger partial charge is 0.339 e. The van der Waals surface area contributed by atoms with E-state index in [4.69, 9.17) is 29.0 Å². The number of hydrogen-bond acceptors (Lipinski definition) is 5. The van der Waals surface area contributed by atoms with Gasteiger partial charge in [-0.15, -0.1) is 0 Å². The highest BCUT2D eigenvalue weighted by Gasteiger charge is 2.07. The van der Waals surface area contributed by atoms with Crippen molar-refractivity contribution in [2.75, 3.05) is 10.7 Å². The van der Waals surface area contributed by atoms with Crippen molar-refractivity contribution < 1.29 is 0 Å². The molecule has 18 heavy (non-hydrogen) atoms. The Kier molecular flexibility index (Phi) is 3.86. The third-order valence-corrected chi connectivity index (χ3v) is 2.84. The maximum absolute atomic E-state index is 6.01. The van der Waals surface area contributed by atoms with Crippen LogP contribution < -0.4 is 16.6 Å². The molecule has 1 aromatic heterocycles. The summed E-state index contributed by atoms with van der Waals surface area (Å²) in [5.41, 5.74) is 4.21. The smallest absolute Gasteiger partial charge is 0.239 e. The molecule has 0 amide bonds. The first-order valence-corrected chi connectivity index (χ1v) is 5.88. The van der Waals surface area contributed by atoms with E-state index < -0.39 is 0 Å². The third-order valence-electron chi connectivity index (χ3n) is 2.33. The fourth-order valence-electron chi connectivity index (χ4n) is 1.38. The summed E-state index contributed by atoms with van der Waals surface area (Å²) in [6.45, 7) is 1.95. The number of rotatable bonds is 3. The molecule has 0 saturated heterocycles. The molecular formula is C11H11Cl2N5. The van der Waals surface area contributed by atoms with Crippen LogP contribution in [0.4, 0.5) is 17.5 Å². The van der Waals surface area contributed by atoms with Gasteiger partial charge in [0, 0.05) is 10.7 Å². The van der Waals surface area contributed by atoms with Crippen molar-refractivity contribution in [2.45, 2.75) is 6.92 Å². The van der Waals surface area contributed by atoms with Crippen LogP contribution in [0.1, 0.15) is 5.56 Å². The van der Waals surface area contributed by atoms with Gasteiger partial charge >= 0.3 is 0 Å². The molecule has 0 fully saturated rings. The van der Waals surface area contributed by atoms with E-state index in [0.717, 1.165) is 11.3 Å². The lowest BCUT2D eigenvalue weighted by molar-refractivity contribution is 1.12. The summed E-state index contributed by atoms with van der Waals surface area (Å²) in [5.74, 6) is 5.99. The molecule has 0 spiro atoms. The van der Waals surface area contributed by atoms with Crippen molar-refractivity contribution in [3.8, 4) is 0 Å². The van der Waals surface area contributed by atoms with Crippen LogP contribution in [-0.4, -0.2) is 9.97 Å². The molecule has 0 radical (unpaired) electrons. The van der Waals surface area contributed by atoms with E-state index in [2.05, 4.69) is 20.7 Å². The van der Waals surface area contributed by atoms with E-state index in [0.29, 0.717) is 15.9 Å². The Labute approximate surface area is 114 Å². The summed E-state index contributed by atoms with van der Waals surface area (Å²) in [7, 11) is 0. The summed E-state index contributed by atoms with van der Waals surface area (Å²) in [6.07, 6.45) is 1.46. The average molecular weight is 284 g/mol. The van der Waals surface area contributed by atoms with Crippen molar-refractivity contribution in [1.82, 2.24) is 9.97 Å². The topological polar surface area (TPSA) is 75.9 Å². The normalized spacial score (nSPS) is 10.2. The van der Waals surface area contributed by atoms with E-state index in [1.165, 1.54) is 6.20 Å². The second kappa shape index (κ2) is 5.39. The second-order valence-corrected chi connectivity index (χ2v) is 4.46. The predicted molar refractivity (Wildman–Crippen MR) is 74.3 cm³/mol. The molecule has 0 bridgehead atoms. The lowest BCUT2D eigenvalue weighted by Crippen LogP contribution is -2.11. The Morgan fingerprint density at radius 3 is 2.78 bits per heavy atom. The Balaban J connectivity index is 2.36. The summed E-state index contributed by atoms with van der Waals surface area (Å²) < 4.78 is 0. The molecule has 1 aromatic carbocycles. The third kappa shape index (κ3) is 2.81. The van der Waals surface area contributed by atoms with Crippen LogP contribution in [0.5, 0.6) is 0 Å². The van der Waals surface area contributed by atoms with Gasteiger partial charge in [-0.1, -0.05) is 29.3 Å². The molecule has 2 aromatic rings. The monoisotopic (exact) mass is 283 g/mol. The van der Waals surface area contributed by atoms with Crippen LogP contribution in [0.3, 0.4) is 0 Å². The SMILES string of the molecule is Cc1ccc(Cl)cc1Nc1nc(NN)ncc1Cl. The first kappa shape index (κ1) is 12.9. The summed E-state index contributed by atoms with van der Waals surface area (Å²) in [6, 6.07) is 5.52. The summed E-state index contributed by atoms with van der Waals surface area (Å²) in [4.78, 5) is 8.02. The van der Waals surface area contributed by atoms with Crippen LogP contribution in [0.2, 0.25) is 10.0 Å². The molecule has 0 unspecified atom stereocenters. The van der Waals surface area contributed by atoms with Gasteiger partial charge in [-0.3, -0.25) is 5.43 Å². The van der Waals surface area contributed by atoms with E-state index in [-0.39, 0.29) is 5.95 Å². The highest BCUT2D eigenvalue weighted by molar-refractivity contribution is 6.33. The van der Waals surface area contributed by atoms with Gasteiger partial charge in [-0.05, 0) is 24.6 Å². The van der Waals surface area contributed by atoms with Crippen molar-refractivity contribution in [3.63, 3.8) is 0 Å². The van der Waals surface area contributed by atoms with E-state index in [9.17, 15) is 0 Å². The minimum atomic E-state index is 0.279. The van der Waals surface area contributed by atoms with Gasteiger partial charge in [-0.2, -0.15) is 4.98 Å². The number of nitrogens with zero attached hydrogens (tertiary/aromatic N) is 2. The maximum Gasteiger partial charge on any atom is 0.239 e. The standard InChI is InChI=1S/C11H11Cl2N5/c1-6-2-3-7(12)4-9(6)16-10-8(13)5-15-11(17-10)18-14/h2-5H,14H2,1H3,(H2,15,16,17,18). The molecule has 7 heteroatoms.